The van der Waals surface area contributed by atoms with Gasteiger partial charge in [0.05, 0.1) is 17.9 Å². The van der Waals surface area contributed by atoms with E-state index in [4.69, 9.17) is 5.73 Å². The van der Waals surface area contributed by atoms with E-state index in [-0.39, 0.29) is 11.9 Å². The van der Waals surface area contributed by atoms with Crippen molar-refractivity contribution in [3.63, 3.8) is 0 Å². The summed E-state index contributed by atoms with van der Waals surface area (Å²) in [5.74, 6) is 0.187. The number of aromatic nitrogens is 2. The molecule has 0 saturated heterocycles. The number of rotatable bonds is 5. The zero-order valence-corrected chi connectivity index (χ0v) is 10.8. The van der Waals surface area contributed by atoms with Crippen LogP contribution in [0.25, 0.3) is 0 Å². The molecule has 0 aliphatic heterocycles. The van der Waals surface area contributed by atoms with Crippen LogP contribution >= 0.6 is 0 Å². The first-order valence-corrected chi connectivity index (χ1v) is 6.25. The number of hydrogen-bond acceptors (Lipinski definition) is 4. The fraction of sp³-hybridized carbons (Fsp3) is 0.286. The number of halogens is 1. The Morgan fingerprint density at radius 1 is 1.32 bits per heavy atom. The van der Waals surface area contributed by atoms with Gasteiger partial charge in [-0.05, 0) is 36.7 Å². The monoisotopic (exact) mass is 260 g/mol. The number of nitrogens with two attached hydrogens (primary N) is 1. The molecule has 0 bridgehead atoms. The van der Waals surface area contributed by atoms with E-state index in [2.05, 4.69) is 15.3 Å². The number of anilines is 1. The zero-order valence-electron chi connectivity index (χ0n) is 10.8. The average molecular weight is 260 g/mol. The third-order valence-corrected chi connectivity index (χ3v) is 2.91. The smallest absolute Gasteiger partial charge is 0.141 e. The summed E-state index contributed by atoms with van der Waals surface area (Å²) < 4.78 is 12.9. The van der Waals surface area contributed by atoms with Gasteiger partial charge in [0, 0.05) is 6.20 Å². The first kappa shape index (κ1) is 13.4. The Bertz CT molecular complexity index is 527. The van der Waals surface area contributed by atoms with Crippen LogP contribution in [0, 0.1) is 5.82 Å². The molecule has 1 atom stereocenters. The topological polar surface area (TPSA) is 63.8 Å². The molecule has 1 unspecified atom stereocenters. The molecule has 5 heteroatoms. The highest BCUT2D eigenvalue weighted by molar-refractivity contribution is 5.39. The van der Waals surface area contributed by atoms with Gasteiger partial charge in [0.1, 0.15) is 11.6 Å². The van der Waals surface area contributed by atoms with Crippen LogP contribution in [0.4, 0.5) is 10.2 Å². The molecule has 0 spiro atoms. The number of nitrogen functional groups attached to an aromatic ring is 1. The minimum absolute atomic E-state index is 0.00269. The molecular formula is C14H17FN4. The highest BCUT2D eigenvalue weighted by atomic mass is 19.1. The molecule has 0 radical (unpaired) electrons. The second-order valence-corrected chi connectivity index (χ2v) is 4.26. The van der Waals surface area contributed by atoms with Crippen molar-refractivity contribution < 1.29 is 4.39 Å². The van der Waals surface area contributed by atoms with Gasteiger partial charge < -0.3 is 11.1 Å². The van der Waals surface area contributed by atoms with Crippen LogP contribution in [-0.4, -0.2) is 16.5 Å². The van der Waals surface area contributed by atoms with Crippen LogP contribution in [0.1, 0.15) is 24.2 Å². The van der Waals surface area contributed by atoms with Crippen molar-refractivity contribution in [2.45, 2.75) is 19.4 Å². The van der Waals surface area contributed by atoms with E-state index < -0.39 is 0 Å². The van der Waals surface area contributed by atoms with Crippen molar-refractivity contribution in [3.8, 4) is 0 Å². The minimum atomic E-state index is -0.333. The first-order valence-electron chi connectivity index (χ1n) is 6.25. The third kappa shape index (κ3) is 3.48. The van der Waals surface area contributed by atoms with Crippen LogP contribution in [0.3, 0.4) is 0 Å². The normalized spacial score (nSPS) is 12.3. The maximum atomic E-state index is 12.9. The number of likely N-dealkylation sites (N-methyl/N-ethyl adjacent to an activating group) is 1. The van der Waals surface area contributed by atoms with Gasteiger partial charge >= 0.3 is 0 Å². The van der Waals surface area contributed by atoms with Gasteiger partial charge in [0.15, 0.2) is 0 Å². The predicted octanol–water partition coefficient (Wildman–Crippen LogP) is 2.09. The van der Waals surface area contributed by atoms with E-state index in [1.54, 1.807) is 12.3 Å². The standard InChI is InChI=1S/C14H17FN4/c1-2-17-13(12-6-5-11(15)9-19-12)8-10-4-3-7-18-14(10)16/h3-7,9,13,17H,2,8H2,1H3,(H2,16,18). The Morgan fingerprint density at radius 2 is 2.16 bits per heavy atom. The van der Waals surface area contributed by atoms with E-state index in [0.717, 1.165) is 17.8 Å². The maximum Gasteiger partial charge on any atom is 0.141 e. The van der Waals surface area contributed by atoms with Gasteiger partial charge in [-0.25, -0.2) is 9.37 Å². The number of hydrogen-bond donors (Lipinski definition) is 2. The molecule has 0 amide bonds. The molecule has 2 heterocycles. The van der Waals surface area contributed by atoms with Crippen molar-refractivity contribution in [1.82, 2.24) is 15.3 Å². The summed E-state index contributed by atoms with van der Waals surface area (Å²) in [4.78, 5) is 8.19. The lowest BCUT2D eigenvalue weighted by molar-refractivity contribution is 0.532. The fourth-order valence-electron chi connectivity index (χ4n) is 1.96. The lowest BCUT2D eigenvalue weighted by Gasteiger charge is -2.18. The van der Waals surface area contributed by atoms with Crippen molar-refractivity contribution in [3.05, 3.63) is 53.7 Å². The summed E-state index contributed by atoms with van der Waals surface area (Å²) in [6, 6.07) is 6.90. The molecule has 0 aromatic carbocycles. The Hall–Kier alpha value is -2.01. The van der Waals surface area contributed by atoms with E-state index in [1.807, 2.05) is 19.1 Å². The predicted molar refractivity (Wildman–Crippen MR) is 73.0 cm³/mol. The molecule has 19 heavy (non-hydrogen) atoms. The van der Waals surface area contributed by atoms with Gasteiger partial charge in [-0.15, -0.1) is 0 Å². The number of nitrogens with one attached hydrogen (secondary N) is 1. The van der Waals surface area contributed by atoms with Gasteiger partial charge in [0.2, 0.25) is 0 Å². The van der Waals surface area contributed by atoms with E-state index in [9.17, 15) is 4.39 Å². The van der Waals surface area contributed by atoms with E-state index in [1.165, 1.54) is 12.3 Å². The SMILES string of the molecule is CCNC(Cc1cccnc1N)c1ccc(F)cn1. The second-order valence-electron chi connectivity index (χ2n) is 4.26. The summed E-state index contributed by atoms with van der Waals surface area (Å²) in [7, 11) is 0. The largest absolute Gasteiger partial charge is 0.383 e. The summed E-state index contributed by atoms with van der Waals surface area (Å²) in [6.45, 7) is 2.81. The maximum absolute atomic E-state index is 12.9. The summed E-state index contributed by atoms with van der Waals surface area (Å²) >= 11 is 0. The highest BCUT2D eigenvalue weighted by Crippen LogP contribution is 2.19. The molecule has 0 saturated carbocycles. The molecular weight excluding hydrogens is 243 g/mol. The van der Waals surface area contributed by atoms with E-state index in [0.29, 0.717) is 12.2 Å². The van der Waals surface area contributed by atoms with Crippen molar-refractivity contribution in [2.75, 3.05) is 12.3 Å². The zero-order chi connectivity index (χ0) is 13.7. The second kappa shape index (κ2) is 6.24. The average Bonchev–Trinajstić information content (AvgIpc) is 2.42. The van der Waals surface area contributed by atoms with Gasteiger partial charge in [0.25, 0.3) is 0 Å². The minimum Gasteiger partial charge on any atom is -0.383 e. The van der Waals surface area contributed by atoms with Crippen molar-refractivity contribution in [2.24, 2.45) is 0 Å². The summed E-state index contributed by atoms with van der Waals surface area (Å²) in [6.07, 6.45) is 3.57. The Kier molecular flexibility index (Phi) is 4.41. The molecule has 2 rings (SSSR count). The van der Waals surface area contributed by atoms with Crippen molar-refractivity contribution >= 4 is 5.82 Å². The van der Waals surface area contributed by atoms with E-state index >= 15 is 0 Å². The molecule has 0 fully saturated rings. The lowest BCUT2D eigenvalue weighted by Crippen LogP contribution is -2.24. The summed E-state index contributed by atoms with van der Waals surface area (Å²) in [5, 5.41) is 3.33. The Morgan fingerprint density at radius 3 is 2.79 bits per heavy atom. The molecule has 3 N–H and O–H groups in total. The molecule has 0 aliphatic rings. The fourth-order valence-corrected chi connectivity index (χ4v) is 1.96. The van der Waals surface area contributed by atoms with Crippen LogP contribution < -0.4 is 11.1 Å². The van der Waals surface area contributed by atoms with Crippen LogP contribution in [0.2, 0.25) is 0 Å². The van der Waals surface area contributed by atoms with Gasteiger partial charge in [-0.1, -0.05) is 13.0 Å². The van der Waals surface area contributed by atoms with Gasteiger partial charge in [-0.3, -0.25) is 4.98 Å². The Labute approximate surface area is 111 Å². The highest BCUT2D eigenvalue weighted by Gasteiger charge is 2.14. The van der Waals surface area contributed by atoms with Crippen LogP contribution in [0.5, 0.6) is 0 Å². The molecule has 2 aromatic heterocycles. The molecule has 100 valence electrons. The number of nitrogens with zero attached hydrogens (tertiary/aromatic N) is 2. The van der Waals surface area contributed by atoms with Gasteiger partial charge in [-0.2, -0.15) is 0 Å². The first-order chi connectivity index (χ1) is 9.20. The van der Waals surface area contributed by atoms with Crippen LogP contribution in [0.15, 0.2) is 36.7 Å². The molecule has 2 aromatic rings. The van der Waals surface area contributed by atoms with Crippen molar-refractivity contribution in [1.29, 1.82) is 0 Å². The number of pyridine rings is 2. The molecule has 0 aliphatic carbocycles. The third-order valence-electron chi connectivity index (χ3n) is 2.91. The summed E-state index contributed by atoms with van der Waals surface area (Å²) in [5.41, 5.74) is 7.60. The molecule has 4 nitrogen and oxygen atoms in total. The Balaban J connectivity index is 2.21. The van der Waals surface area contributed by atoms with Crippen LogP contribution in [-0.2, 0) is 6.42 Å². The lowest BCUT2D eigenvalue weighted by atomic mass is 10.0. The quantitative estimate of drug-likeness (QED) is 0.864.